The van der Waals surface area contributed by atoms with Crippen LogP contribution < -0.4 is 53.2 Å². The zero-order valence-corrected chi connectivity index (χ0v) is 74.6. The number of aliphatic hydroxyl groups is 10. The van der Waals surface area contributed by atoms with Crippen LogP contribution in [0, 0.1) is 0 Å². The van der Waals surface area contributed by atoms with E-state index < -0.39 is 173 Å². The third-order valence-corrected chi connectivity index (χ3v) is 21.5. The summed E-state index contributed by atoms with van der Waals surface area (Å²) in [7, 11) is -3.25. The molecule has 0 saturated carbocycles. The standard InChI is InChI=1S/C80H146N11O34P/c1-54(46-92)123-77(72(75(111)112)89-57(4)98)120-38-18-15-24-63(102)82-32-21-35-85-66(105)29-41-117-52-79(90-68(107)26-12-10-8-6-7-9-11-13-27-69(108)91-45-59(99)43-58(91)48-122-126(113,114)115-5,51-116-40-28-65(104)84-34-20-31-81-62(101)23-14-17-37-119-76-71(88-56(3)97)74(110)73(109)61(47-93)124-76)53-118-42-30-67(106)86-36-22-33-83-64(103)25-16-19-39-121-78-70(87-55(2)96)60(100)44-80(49-94,50-95)125-78/h54,58-61,70-78,92-95,99-100,109-112H,6-53H2,1-5H3,(H,81,101)(H,82,102)(H,83,103)(H,84,104)(H,85,105)(H,86,106)(H,87,96)(H,88,97)(H,89,98)(H,90,107)(H,113,114)/t54?,58-,59?,60?,61?,70?,71?,72?,73?,74?,76?,77?,78?,79?/m0/s1. The van der Waals surface area contributed by atoms with Crippen molar-refractivity contribution in [1.82, 2.24) is 58.1 Å². The largest absolute Gasteiger partial charge is 0.471 e. The minimum absolute atomic E-state index is 0.0130. The van der Waals surface area contributed by atoms with Gasteiger partial charge < -0.3 is 157 Å². The lowest BCUT2D eigenvalue weighted by Crippen LogP contribution is -2.64. The highest BCUT2D eigenvalue weighted by Crippen LogP contribution is 2.43. The van der Waals surface area contributed by atoms with Gasteiger partial charge >= 0.3 is 7.82 Å². The van der Waals surface area contributed by atoms with Crippen LogP contribution in [0.5, 0.6) is 0 Å². The number of aliphatic hydroxyl groups excluding tert-OH is 9. The number of phosphoric ester groups is 1. The first-order valence-electron chi connectivity index (χ1n) is 43.8. The van der Waals surface area contributed by atoms with Gasteiger partial charge in [0.2, 0.25) is 65.0 Å². The van der Waals surface area contributed by atoms with Gasteiger partial charge in [-0.15, -0.1) is 0 Å². The lowest BCUT2D eigenvalue weighted by Gasteiger charge is -2.45. The van der Waals surface area contributed by atoms with Gasteiger partial charge in [0.1, 0.15) is 47.6 Å². The molecule has 0 bridgehead atoms. The van der Waals surface area contributed by atoms with E-state index in [9.17, 15) is 113 Å². The summed E-state index contributed by atoms with van der Waals surface area (Å²) < 4.78 is 73.8. The van der Waals surface area contributed by atoms with Crippen LogP contribution in [0.15, 0.2) is 0 Å². The molecule has 0 aliphatic carbocycles. The van der Waals surface area contributed by atoms with Crippen LogP contribution in [-0.4, -0.2) is 368 Å². The molecule has 11 amide bonds. The molecular formula is C80H146N11O34P. The van der Waals surface area contributed by atoms with Gasteiger partial charge in [0.25, 0.3) is 0 Å². The molecule has 0 aromatic carbocycles. The van der Waals surface area contributed by atoms with Gasteiger partial charge in [-0.25, -0.2) is 4.57 Å². The number of carbonyl (C=O) groups excluding carboxylic acids is 11. The molecule has 45 nitrogen and oxygen atoms in total. The second kappa shape index (κ2) is 65.1. The average Bonchev–Trinajstić information content (AvgIpc) is 0.987. The summed E-state index contributed by atoms with van der Waals surface area (Å²) >= 11 is 0. The Morgan fingerprint density at radius 1 is 0.524 bits per heavy atom. The van der Waals surface area contributed by atoms with Crippen molar-refractivity contribution in [3.05, 3.63) is 0 Å². The smallest absolute Gasteiger partial charge is 0.394 e. The average molecular weight is 1840 g/mol. The molecule has 15 atom stereocenters. The number of hydrogen-bond donors (Lipinski definition) is 21. The molecule has 46 heteroatoms. The van der Waals surface area contributed by atoms with Gasteiger partial charge in [0.05, 0.1) is 97.0 Å². The number of rotatable bonds is 72. The summed E-state index contributed by atoms with van der Waals surface area (Å²) in [5.41, 5.74) is -2.95. The van der Waals surface area contributed by atoms with Crippen molar-refractivity contribution < 1.29 is 165 Å². The maximum atomic E-state index is 14.1. The Balaban J connectivity index is 1.63. The third-order valence-electron chi connectivity index (χ3n) is 20.6. The zero-order valence-electron chi connectivity index (χ0n) is 73.7. The number of amides is 11. The predicted octanol–water partition coefficient (Wildman–Crippen LogP) is -4.07. The molecule has 3 aliphatic heterocycles. The van der Waals surface area contributed by atoms with E-state index in [0.717, 1.165) is 39.2 Å². The van der Waals surface area contributed by atoms with Crippen LogP contribution in [0.25, 0.3) is 0 Å². The number of β-amino-alcohol motifs (C(OH)–C–C–N with tert-alkyl or cyclic N) is 1. The van der Waals surface area contributed by atoms with Gasteiger partial charge in [-0.3, -0.25) is 61.8 Å². The molecule has 14 unspecified atom stereocenters. The number of ether oxygens (including phenoxy) is 9. The SMILES string of the molecule is COP(=O)(O)OC[C@@H]1CC(O)CN1C(=O)CCCCCCCCCCC(=O)NC(COCCC(=O)NCCCNC(=O)CCCCOC(OC(C)CO)C(NC(C)=O)C(O)O)(COCCC(=O)NCCCNC(=O)CCCCOC1OC(CO)(CO)CC(O)C1NC(C)=O)COCCC(=O)NCCCNC(=O)CCCCOC1OC(CO)C(O)C(O)C1NC(C)=O. The zero-order chi connectivity index (χ0) is 93.3. The maximum absolute atomic E-state index is 14.1. The Bertz CT molecular complexity index is 3190. The van der Waals surface area contributed by atoms with Gasteiger partial charge in [-0.2, -0.15) is 0 Å². The van der Waals surface area contributed by atoms with E-state index >= 15 is 0 Å². The van der Waals surface area contributed by atoms with Gasteiger partial charge in [-0.05, 0) is 84.0 Å². The van der Waals surface area contributed by atoms with E-state index in [1.807, 2.05) is 0 Å². The lowest BCUT2D eigenvalue weighted by molar-refractivity contribution is -0.285. The van der Waals surface area contributed by atoms with Crippen molar-refractivity contribution in [2.45, 2.75) is 298 Å². The van der Waals surface area contributed by atoms with E-state index in [4.69, 9.17) is 47.2 Å². The first-order chi connectivity index (χ1) is 60.1. The van der Waals surface area contributed by atoms with E-state index in [0.29, 0.717) is 77.0 Å². The summed E-state index contributed by atoms with van der Waals surface area (Å²) in [5.74, 6) is -4.12. The number of nitrogens with one attached hydrogen (secondary N) is 10. The van der Waals surface area contributed by atoms with Crippen molar-refractivity contribution in [2.75, 3.05) is 145 Å². The van der Waals surface area contributed by atoms with Crippen LogP contribution in [0.1, 0.15) is 201 Å². The van der Waals surface area contributed by atoms with Crippen molar-refractivity contribution in [3.8, 4) is 0 Å². The first kappa shape index (κ1) is 114. The Morgan fingerprint density at radius 2 is 0.952 bits per heavy atom. The van der Waals surface area contributed by atoms with Crippen molar-refractivity contribution in [2.24, 2.45) is 0 Å². The number of carbonyl (C=O) groups is 11. The summed E-state index contributed by atoms with van der Waals surface area (Å²) in [4.78, 5) is 151. The first-order valence-corrected chi connectivity index (χ1v) is 45.3. The van der Waals surface area contributed by atoms with E-state index in [1.54, 1.807) is 0 Å². The molecule has 3 saturated heterocycles. The normalized spacial score (nSPS) is 21.5. The lowest BCUT2D eigenvalue weighted by atomic mass is 9.90. The fraction of sp³-hybridized carbons (Fsp3) is 0.863. The Labute approximate surface area is 736 Å². The molecule has 0 radical (unpaired) electrons. The monoisotopic (exact) mass is 1840 g/mol. The number of likely N-dealkylation sites (tertiary alicyclic amines) is 1. The summed E-state index contributed by atoms with van der Waals surface area (Å²) in [6.07, 6.45) is -3.08. The number of nitrogens with zero attached hydrogens (tertiary/aromatic N) is 1. The summed E-state index contributed by atoms with van der Waals surface area (Å²) in [6.45, 7) is 2.85. The molecule has 126 heavy (non-hydrogen) atoms. The predicted molar refractivity (Wildman–Crippen MR) is 446 cm³/mol. The molecule has 3 rings (SSSR count). The topological polar surface area (TPSA) is 652 Å². The fourth-order valence-electron chi connectivity index (χ4n) is 13.6. The highest BCUT2D eigenvalue weighted by molar-refractivity contribution is 7.47. The second-order valence-corrected chi connectivity index (χ2v) is 33.4. The minimum atomic E-state index is -4.28. The van der Waals surface area contributed by atoms with Crippen LogP contribution in [0.4, 0.5) is 0 Å². The van der Waals surface area contributed by atoms with Crippen LogP contribution in [0.2, 0.25) is 0 Å². The second-order valence-electron chi connectivity index (χ2n) is 31.8. The third kappa shape index (κ3) is 49.0. The maximum Gasteiger partial charge on any atom is 0.471 e. The quantitative estimate of drug-likeness (QED) is 0.0156. The molecule has 3 aliphatic rings. The van der Waals surface area contributed by atoms with Gasteiger partial charge in [-0.1, -0.05) is 38.5 Å². The molecule has 21 N–H and O–H groups in total. The number of phosphoric acid groups is 1. The molecule has 730 valence electrons. The van der Waals surface area contributed by atoms with Crippen LogP contribution >= 0.6 is 7.82 Å². The molecule has 0 spiro atoms. The van der Waals surface area contributed by atoms with E-state index in [2.05, 4.69) is 57.7 Å². The summed E-state index contributed by atoms with van der Waals surface area (Å²) in [5, 5.41) is 127. The van der Waals surface area contributed by atoms with E-state index in [1.165, 1.54) is 32.6 Å². The highest BCUT2D eigenvalue weighted by Gasteiger charge is 2.49. The van der Waals surface area contributed by atoms with E-state index in [-0.39, 0.29) is 200 Å². The molecular weight excluding hydrogens is 1690 g/mol. The van der Waals surface area contributed by atoms with Crippen molar-refractivity contribution in [3.63, 3.8) is 0 Å². The Morgan fingerprint density at radius 3 is 1.39 bits per heavy atom. The molecule has 0 aromatic rings. The van der Waals surface area contributed by atoms with Crippen molar-refractivity contribution >= 4 is 72.8 Å². The summed E-state index contributed by atoms with van der Waals surface area (Å²) in [6, 6.07) is -4.01. The van der Waals surface area contributed by atoms with Gasteiger partial charge in [0.15, 0.2) is 25.2 Å². The van der Waals surface area contributed by atoms with Gasteiger partial charge in [0, 0.05) is 151 Å². The number of hydrogen-bond acceptors (Lipinski definition) is 33. The number of unbranched alkanes of at least 4 members (excludes halogenated alkanes) is 10. The molecule has 0 aromatic heterocycles. The van der Waals surface area contributed by atoms with Crippen LogP contribution in [-0.2, 0) is 109 Å². The fourth-order valence-corrected chi connectivity index (χ4v) is 14.1. The highest BCUT2D eigenvalue weighted by atomic mass is 31.2. The molecule has 3 fully saturated rings. The van der Waals surface area contributed by atoms with Crippen molar-refractivity contribution in [1.29, 1.82) is 0 Å². The Kier molecular flexibility index (Phi) is 58.8. The Hall–Kier alpha value is -6.48. The van der Waals surface area contributed by atoms with Crippen LogP contribution in [0.3, 0.4) is 0 Å². The molecule has 3 heterocycles. The minimum Gasteiger partial charge on any atom is -0.394 e.